The minimum Gasteiger partial charge on any atom is -0.493 e. The number of carbonyl (C=O) groups is 2. The second-order valence-electron chi connectivity index (χ2n) is 7.89. The number of ether oxygens (including phenoxy) is 3. The van der Waals surface area contributed by atoms with Crippen LogP contribution >= 0.6 is 0 Å². The number of nitrogens with one attached hydrogen (secondary N) is 1. The monoisotopic (exact) mass is 438 g/mol. The molecule has 3 aromatic rings. The predicted molar refractivity (Wildman–Crippen MR) is 119 cm³/mol. The Morgan fingerprint density at radius 1 is 1.22 bits per heavy atom. The molecule has 3 heterocycles. The number of hydrogen-bond donors (Lipinski definition) is 1. The second-order valence-corrected chi connectivity index (χ2v) is 7.89. The Labute approximate surface area is 185 Å². The fraction of sp³-hybridized carbons (Fsp3) is 0.391. The summed E-state index contributed by atoms with van der Waals surface area (Å²) in [6.07, 6.45) is 5.67. The van der Waals surface area contributed by atoms with Crippen molar-refractivity contribution in [3.05, 3.63) is 30.1 Å². The maximum atomic E-state index is 13.6. The van der Waals surface area contributed by atoms with Gasteiger partial charge in [-0.25, -0.2) is 9.97 Å². The van der Waals surface area contributed by atoms with Crippen LogP contribution in [0.4, 0.5) is 0 Å². The van der Waals surface area contributed by atoms with Crippen LogP contribution in [0.15, 0.2) is 24.5 Å². The average Bonchev–Trinajstić information content (AvgIpc) is 3.41. The van der Waals surface area contributed by atoms with Gasteiger partial charge in [0.05, 0.1) is 50.9 Å². The number of aromatic amines is 1. The molecule has 0 spiro atoms. The molecule has 32 heavy (non-hydrogen) atoms. The Morgan fingerprint density at radius 2 is 1.94 bits per heavy atom. The second kappa shape index (κ2) is 8.58. The van der Waals surface area contributed by atoms with Gasteiger partial charge in [-0.3, -0.25) is 9.69 Å². The van der Waals surface area contributed by atoms with Crippen LogP contribution in [0.1, 0.15) is 30.1 Å². The van der Waals surface area contributed by atoms with E-state index in [-0.39, 0.29) is 12.3 Å². The number of H-pyrrole nitrogens is 1. The fourth-order valence-corrected chi connectivity index (χ4v) is 4.38. The summed E-state index contributed by atoms with van der Waals surface area (Å²) >= 11 is 0. The SMILES string of the molecule is COc1cc(-c2cnc3[nH]cc(C(=O)C4(C)CCCN4CC=O)c3n2)cc(OC)c1OC. The molecule has 1 atom stereocenters. The Balaban J connectivity index is 1.79. The molecule has 9 heteroatoms. The molecule has 0 bridgehead atoms. The molecule has 1 fully saturated rings. The number of likely N-dealkylation sites (tertiary alicyclic amines) is 1. The number of fused-ring (bicyclic) bond motifs is 1. The first kappa shape index (κ1) is 21.8. The maximum absolute atomic E-state index is 13.6. The highest BCUT2D eigenvalue weighted by Crippen LogP contribution is 2.41. The van der Waals surface area contributed by atoms with Gasteiger partial charge in [-0.15, -0.1) is 0 Å². The lowest BCUT2D eigenvalue weighted by Crippen LogP contribution is -2.48. The van der Waals surface area contributed by atoms with Gasteiger partial charge in [-0.1, -0.05) is 0 Å². The predicted octanol–water partition coefficient (Wildman–Crippen LogP) is 2.89. The van der Waals surface area contributed by atoms with Crippen LogP contribution in [0.3, 0.4) is 0 Å². The summed E-state index contributed by atoms with van der Waals surface area (Å²) in [5.41, 5.74) is 1.99. The van der Waals surface area contributed by atoms with Crippen molar-refractivity contribution in [2.75, 3.05) is 34.4 Å². The van der Waals surface area contributed by atoms with Crippen LogP contribution in [0.5, 0.6) is 17.2 Å². The van der Waals surface area contributed by atoms with Crippen LogP contribution in [-0.2, 0) is 4.79 Å². The fourth-order valence-electron chi connectivity index (χ4n) is 4.38. The van der Waals surface area contributed by atoms with Gasteiger partial charge >= 0.3 is 0 Å². The molecule has 1 aromatic carbocycles. The standard InChI is InChI=1S/C23H26N4O5/c1-23(6-5-7-27(23)8-9-28)21(29)15-12-24-22-19(15)26-16(13-25-22)14-10-17(30-2)20(32-4)18(11-14)31-3/h9-13H,5-8H2,1-4H3,(H,24,25). The molecule has 1 unspecified atom stereocenters. The van der Waals surface area contributed by atoms with E-state index in [1.54, 1.807) is 45.9 Å². The lowest BCUT2D eigenvalue weighted by molar-refractivity contribution is -0.109. The van der Waals surface area contributed by atoms with Gasteiger partial charge in [0.25, 0.3) is 0 Å². The summed E-state index contributed by atoms with van der Waals surface area (Å²) in [5.74, 6) is 1.41. The molecule has 4 rings (SSSR count). The Kier molecular flexibility index (Phi) is 5.84. The number of carbonyl (C=O) groups excluding carboxylic acids is 2. The molecule has 168 valence electrons. The Bertz CT molecular complexity index is 1150. The smallest absolute Gasteiger partial charge is 0.203 e. The average molecular weight is 438 g/mol. The summed E-state index contributed by atoms with van der Waals surface area (Å²) in [6, 6.07) is 3.57. The third kappa shape index (κ3) is 3.48. The first-order valence-corrected chi connectivity index (χ1v) is 10.3. The van der Waals surface area contributed by atoms with Crippen molar-refractivity contribution in [3.8, 4) is 28.5 Å². The quantitative estimate of drug-likeness (QED) is 0.423. The van der Waals surface area contributed by atoms with Crippen molar-refractivity contribution < 1.29 is 23.8 Å². The van der Waals surface area contributed by atoms with Crippen molar-refractivity contribution in [1.82, 2.24) is 19.9 Å². The van der Waals surface area contributed by atoms with E-state index in [9.17, 15) is 9.59 Å². The normalized spacial score (nSPS) is 18.6. The van der Waals surface area contributed by atoms with E-state index in [1.807, 2.05) is 11.8 Å². The van der Waals surface area contributed by atoms with Crippen molar-refractivity contribution in [2.45, 2.75) is 25.3 Å². The summed E-state index contributed by atoms with van der Waals surface area (Å²) in [6.45, 7) is 2.83. The largest absolute Gasteiger partial charge is 0.493 e. The third-order valence-electron chi connectivity index (χ3n) is 6.16. The Hall–Kier alpha value is -3.46. The zero-order valence-corrected chi connectivity index (χ0v) is 18.6. The molecular formula is C23H26N4O5. The minimum atomic E-state index is -0.750. The summed E-state index contributed by atoms with van der Waals surface area (Å²) in [7, 11) is 4.64. The molecule has 0 amide bonds. The maximum Gasteiger partial charge on any atom is 0.203 e. The lowest BCUT2D eigenvalue weighted by atomic mass is 9.89. The number of nitrogens with zero attached hydrogens (tertiary/aromatic N) is 3. The zero-order valence-electron chi connectivity index (χ0n) is 18.6. The highest BCUT2D eigenvalue weighted by molar-refractivity contribution is 6.11. The van der Waals surface area contributed by atoms with E-state index >= 15 is 0 Å². The van der Waals surface area contributed by atoms with Crippen LogP contribution in [0.25, 0.3) is 22.4 Å². The summed E-state index contributed by atoms with van der Waals surface area (Å²) in [4.78, 5) is 38.9. The topological polar surface area (TPSA) is 107 Å². The van der Waals surface area contributed by atoms with E-state index in [1.165, 1.54) is 0 Å². The highest BCUT2D eigenvalue weighted by atomic mass is 16.5. The van der Waals surface area contributed by atoms with E-state index in [4.69, 9.17) is 19.2 Å². The van der Waals surface area contributed by atoms with Gasteiger partial charge in [0.1, 0.15) is 11.8 Å². The number of ketones is 1. The molecule has 2 aromatic heterocycles. The van der Waals surface area contributed by atoms with Crippen molar-refractivity contribution in [2.24, 2.45) is 0 Å². The molecule has 0 saturated carbocycles. The third-order valence-corrected chi connectivity index (χ3v) is 6.16. The van der Waals surface area contributed by atoms with Crippen molar-refractivity contribution in [3.63, 3.8) is 0 Å². The number of hydrogen-bond acceptors (Lipinski definition) is 8. The summed E-state index contributed by atoms with van der Waals surface area (Å²) < 4.78 is 16.3. The molecule has 1 saturated heterocycles. The van der Waals surface area contributed by atoms with Gasteiger partial charge in [0.2, 0.25) is 5.75 Å². The van der Waals surface area contributed by atoms with Gasteiger partial charge < -0.3 is 24.0 Å². The number of methoxy groups -OCH3 is 3. The first-order chi connectivity index (χ1) is 15.5. The van der Waals surface area contributed by atoms with Crippen LogP contribution < -0.4 is 14.2 Å². The number of benzene rings is 1. The number of aldehydes is 1. The molecule has 1 N–H and O–H groups in total. The summed E-state index contributed by atoms with van der Waals surface area (Å²) in [5, 5.41) is 0. The van der Waals surface area contributed by atoms with Crippen LogP contribution in [0, 0.1) is 0 Å². The van der Waals surface area contributed by atoms with Crippen molar-refractivity contribution >= 4 is 23.2 Å². The molecule has 1 aliphatic heterocycles. The molecule has 0 radical (unpaired) electrons. The van der Waals surface area contributed by atoms with Gasteiger partial charge in [0.15, 0.2) is 22.9 Å². The van der Waals surface area contributed by atoms with Gasteiger partial charge in [-0.2, -0.15) is 0 Å². The van der Waals surface area contributed by atoms with E-state index in [0.717, 1.165) is 12.7 Å². The number of rotatable bonds is 8. The molecule has 0 aliphatic carbocycles. The lowest BCUT2D eigenvalue weighted by Gasteiger charge is -2.32. The van der Waals surface area contributed by atoms with E-state index in [2.05, 4.69) is 9.97 Å². The van der Waals surface area contributed by atoms with Crippen LogP contribution in [0.2, 0.25) is 0 Å². The minimum absolute atomic E-state index is 0.0700. The first-order valence-electron chi connectivity index (χ1n) is 10.3. The van der Waals surface area contributed by atoms with E-state index in [0.29, 0.717) is 58.2 Å². The van der Waals surface area contributed by atoms with Crippen molar-refractivity contribution in [1.29, 1.82) is 0 Å². The van der Waals surface area contributed by atoms with Gasteiger partial charge in [-0.05, 0) is 38.4 Å². The molecular weight excluding hydrogens is 412 g/mol. The highest BCUT2D eigenvalue weighted by Gasteiger charge is 2.44. The number of aromatic nitrogens is 3. The van der Waals surface area contributed by atoms with E-state index < -0.39 is 5.54 Å². The molecule has 9 nitrogen and oxygen atoms in total. The number of Topliss-reactive ketones (excluding diaryl/α,β-unsaturated/α-hetero) is 1. The molecule has 1 aliphatic rings. The van der Waals surface area contributed by atoms with Crippen LogP contribution in [-0.4, -0.2) is 71.9 Å². The van der Waals surface area contributed by atoms with Gasteiger partial charge in [0, 0.05) is 11.8 Å². The zero-order chi connectivity index (χ0) is 22.9. The Morgan fingerprint density at radius 3 is 2.56 bits per heavy atom.